The van der Waals surface area contributed by atoms with E-state index in [1.165, 1.54) is 0 Å². The van der Waals surface area contributed by atoms with Crippen molar-refractivity contribution in [1.29, 1.82) is 0 Å². The number of fused-ring (bicyclic) bond motifs is 3. The van der Waals surface area contributed by atoms with Crippen LogP contribution in [0.1, 0.15) is 50.2 Å². The Morgan fingerprint density at radius 1 is 1.03 bits per heavy atom. The lowest BCUT2D eigenvalue weighted by Gasteiger charge is -2.29. The molecule has 2 aromatic rings. The topological polar surface area (TPSA) is 95.9 Å². The number of rotatable bonds is 9. The van der Waals surface area contributed by atoms with Gasteiger partial charge < -0.3 is 20.1 Å². The van der Waals surface area contributed by atoms with Crippen molar-refractivity contribution in [2.45, 2.75) is 51.1 Å². The van der Waals surface area contributed by atoms with Gasteiger partial charge in [-0.1, -0.05) is 62.4 Å². The Morgan fingerprint density at radius 3 is 2.12 bits per heavy atom. The van der Waals surface area contributed by atoms with Gasteiger partial charge in [-0.15, -0.1) is 0 Å². The fraction of sp³-hybridized carbons (Fsp3) is 0.423. The number of amides is 2. The molecule has 2 aliphatic rings. The molecule has 0 saturated heterocycles. The summed E-state index contributed by atoms with van der Waals surface area (Å²) in [7, 11) is 0. The molecule has 1 atom stereocenters. The van der Waals surface area contributed by atoms with Gasteiger partial charge in [0.2, 0.25) is 5.91 Å². The van der Waals surface area contributed by atoms with Crippen LogP contribution in [0.3, 0.4) is 0 Å². The summed E-state index contributed by atoms with van der Waals surface area (Å²) in [6, 6.07) is 15.5. The molecular weight excluding hydrogens is 420 g/mol. The van der Waals surface area contributed by atoms with Gasteiger partial charge in [0.05, 0.1) is 6.42 Å². The quantitative estimate of drug-likeness (QED) is 0.602. The van der Waals surface area contributed by atoms with E-state index in [-0.39, 0.29) is 43.4 Å². The highest BCUT2D eigenvalue weighted by Crippen LogP contribution is 2.44. The van der Waals surface area contributed by atoms with E-state index in [1.807, 2.05) is 38.1 Å². The van der Waals surface area contributed by atoms with Gasteiger partial charge in [0, 0.05) is 18.5 Å². The molecule has 1 saturated carbocycles. The third-order valence-electron chi connectivity index (χ3n) is 6.39. The molecule has 0 radical (unpaired) electrons. The summed E-state index contributed by atoms with van der Waals surface area (Å²) < 4.78 is 5.61. The standard InChI is InChI=1S/C26H30N2O5/c1-16(2)24(25(31)28(17-11-12-17)14-13-23(29)30)27-26(32)33-15-22-20-9-5-3-7-18(20)19-8-4-6-10-21(19)22/h3-10,16-17,22,24H,11-15H2,1-2H3,(H,27,32)(H,29,30)/t24-/m0/s1. The largest absolute Gasteiger partial charge is 0.481 e. The number of benzene rings is 2. The molecule has 7 heteroatoms. The van der Waals surface area contributed by atoms with Gasteiger partial charge in [0.25, 0.3) is 0 Å². The number of carbonyl (C=O) groups excluding carboxylic acids is 2. The van der Waals surface area contributed by atoms with Crippen LogP contribution in [-0.2, 0) is 14.3 Å². The molecule has 2 aliphatic carbocycles. The predicted octanol–water partition coefficient (Wildman–Crippen LogP) is 4.02. The second-order valence-corrected chi connectivity index (χ2v) is 9.10. The number of hydrogen-bond donors (Lipinski definition) is 2. The van der Waals surface area contributed by atoms with Gasteiger partial charge in [0.1, 0.15) is 12.6 Å². The summed E-state index contributed by atoms with van der Waals surface area (Å²) in [4.78, 5) is 38.5. The second-order valence-electron chi connectivity index (χ2n) is 9.10. The fourth-order valence-corrected chi connectivity index (χ4v) is 4.53. The third-order valence-corrected chi connectivity index (χ3v) is 6.39. The summed E-state index contributed by atoms with van der Waals surface area (Å²) in [6.45, 7) is 4.03. The molecule has 1 fully saturated rings. The lowest BCUT2D eigenvalue weighted by molar-refractivity contribution is -0.139. The van der Waals surface area contributed by atoms with Crippen LogP contribution in [0.2, 0.25) is 0 Å². The van der Waals surface area contributed by atoms with Crippen LogP contribution >= 0.6 is 0 Å². The molecule has 0 aliphatic heterocycles. The Hall–Kier alpha value is -3.35. The average molecular weight is 451 g/mol. The molecule has 33 heavy (non-hydrogen) atoms. The van der Waals surface area contributed by atoms with Crippen LogP contribution in [0.5, 0.6) is 0 Å². The summed E-state index contributed by atoms with van der Waals surface area (Å²) in [6.07, 6.45) is 0.971. The Bertz CT molecular complexity index is 1000. The molecule has 2 N–H and O–H groups in total. The van der Waals surface area contributed by atoms with Gasteiger partial charge in [-0.2, -0.15) is 0 Å². The summed E-state index contributed by atoms with van der Waals surface area (Å²) in [5, 5.41) is 11.8. The Balaban J connectivity index is 1.42. The molecule has 0 bridgehead atoms. The minimum absolute atomic E-state index is 0.0578. The van der Waals surface area contributed by atoms with Gasteiger partial charge in [-0.05, 0) is 41.0 Å². The first-order valence-corrected chi connectivity index (χ1v) is 11.5. The predicted molar refractivity (Wildman–Crippen MR) is 124 cm³/mol. The minimum Gasteiger partial charge on any atom is -0.481 e. The maximum Gasteiger partial charge on any atom is 0.407 e. The van der Waals surface area contributed by atoms with Gasteiger partial charge in [0.15, 0.2) is 0 Å². The normalized spacial score (nSPS) is 15.5. The van der Waals surface area contributed by atoms with Crippen molar-refractivity contribution in [3.8, 4) is 11.1 Å². The number of aliphatic carboxylic acids is 1. The lowest BCUT2D eigenvalue weighted by Crippen LogP contribution is -2.52. The van der Waals surface area contributed by atoms with Crippen molar-refractivity contribution >= 4 is 18.0 Å². The third kappa shape index (κ3) is 5.02. The molecule has 2 aromatic carbocycles. The lowest BCUT2D eigenvalue weighted by atomic mass is 9.98. The van der Waals surface area contributed by atoms with Crippen LogP contribution in [0, 0.1) is 5.92 Å². The van der Waals surface area contributed by atoms with Crippen molar-refractivity contribution in [3.63, 3.8) is 0 Å². The zero-order chi connectivity index (χ0) is 23.5. The summed E-state index contributed by atoms with van der Waals surface area (Å²) in [5.74, 6) is -1.42. The molecule has 2 amide bonds. The van der Waals surface area contributed by atoms with E-state index in [0.717, 1.165) is 35.1 Å². The monoisotopic (exact) mass is 450 g/mol. The highest BCUT2D eigenvalue weighted by molar-refractivity contribution is 5.87. The maximum absolute atomic E-state index is 13.2. The summed E-state index contributed by atoms with van der Waals surface area (Å²) in [5.41, 5.74) is 4.54. The van der Waals surface area contributed by atoms with Gasteiger partial charge >= 0.3 is 12.1 Å². The molecule has 174 valence electrons. The molecule has 0 spiro atoms. The van der Waals surface area contributed by atoms with Crippen LogP contribution in [-0.4, -0.2) is 53.2 Å². The van der Waals surface area contributed by atoms with E-state index < -0.39 is 18.1 Å². The van der Waals surface area contributed by atoms with Crippen molar-refractivity contribution in [2.24, 2.45) is 5.92 Å². The second kappa shape index (κ2) is 9.65. The number of carboxylic acids is 1. The van der Waals surface area contributed by atoms with Crippen LogP contribution in [0.15, 0.2) is 48.5 Å². The van der Waals surface area contributed by atoms with Crippen LogP contribution in [0.25, 0.3) is 11.1 Å². The zero-order valence-corrected chi connectivity index (χ0v) is 19.0. The number of carbonyl (C=O) groups is 3. The molecule has 4 rings (SSSR count). The summed E-state index contributed by atoms with van der Waals surface area (Å²) >= 11 is 0. The Kier molecular flexibility index (Phi) is 6.67. The minimum atomic E-state index is -0.945. The SMILES string of the molecule is CC(C)[C@H](NC(=O)OCC1c2ccccc2-c2ccccc21)C(=O)N(CCC(=O)O)C1CC1. The van der Waals surface area contributed by atoms with Gasteiger partial charge in [-0.25, -0.2) is 4.79 Å². The van der Waals surface area contributed by atoms with Crippen LogP contribution < -0.4 is 5.32 Å². The van der Waals surface area contributed by atoms with E-state index >= 15 is 0 Å². The number of alkyl carbamates (subject to hydrolysis) is 1. The first-order valence-electron chi connectivity index (χ1n) is 11.5. The molecule has 0 aromatic heterocycles. The number of ether oxygens (including phenoxy) is 1. The highest BCUT2D eigenvalue weighted by Gasteiger charge is 2.38. The highest BCUT2D eigenvalue weighted by atomic mass is 16.5. The van der Waals surface area contributed by atoms with E-state index in [2.05, 4.69) is 29.6 Å². The van der Waals surface area contributed by atoms with E-state index in [4.69, 9.17) is 9.84 Å². The van der Waals surface area contributed by atoms with E-state index in [9.17, 15) is 14.4 Å². The molecule has 0 unspecified atom stereocenters. The number of nitrogens with one attached hydrogen (secondary N) is 1. The van der Waals surface area contributed by atoms with Crippen LogP contribution in [0.4, 0.5) is 4.79 Å². The number of nitrogens with zero attached hydrogens (tertiary/aromatic N) is 1. The van der Waals surface area contributed by atoms with Crippen molar-refractivity contribution in [3.05, 3.63) is 59.7 Å². The van der Waals surface area contributed by atoms with Crippen molar-refractivity contribution in [2.75, 3.05) is 13.2 Å². The zero-order valence-electron chi connectivity index (χ0n) is 19.0. The molecule has 7 nitrogen and oxygen atoms in total. The van der Waals surface area contributed by atoms with E-state index in [1.54, 1.807) is 4.90 Å². The molecule has 0 heterocycles. The number of hydrogen-bond acceptors (Lipinski definition) is 4. The fourth-order valence-electron chi connectivity index (χ4n) is 4.53. The average Bonchev–Trinajstić information content (AvgIpc) is 3.58. The Labute approximate surface area is 193 Å². The van der Waals surface area contributed by atoms with Crippen molar-refractivity contribution < 1.29 is 24.2 Å². The van der Waals surface area contributed by atoms with Crippen molar-refractivity contribution in [1.82, 2.24) is 10.2 Å². The smallest absolute Gasteiger partial charge is 0.407 e. The maximum atomic E-state index is 13.2. The molecular formula is C26H30N2O5. The van der Waals surface area contributed by atoms with E-state index in [0.29, 0.717) is 0 Å². The first kappa shape index (κ1) is 22.8. The first-order chi connectivity index (χ1) is 15.9. The Morgan fingerprint density at radius 2 is 1.61 bits per heavy atom. The van der Waals surface area contributed by atoms with Gasteiger partial charge in [-0.3, -0.25) is 9.59 Å². The number of carboxylic acid groups (broad SMARTS) is 1.